The van der Waals surface area contributed by atoms with Crippen molar-refractivity contribution in [2.75, 3.05) is 13.1 Å². The van der Waals surface area contributed by atoms with Gasteiger partial charge in [-0.05, 0) is 18.8 Å². The molecule has 1 saturated heterocycles. The fraction of sp³-hybridized carbons (Fsp3) is 0.769. The van der Waals surface area contributed by atoms with Gasteiger partial charge in [-0.25, -0.2) is 4.98 Å². The van der Waals surface area contributed by atoms with Crippen LogP contribution in [0.25, 0.3) is 0 Å². The van der Waals surface area contributed by atoms with Crippen LogP contribution in [0.1, 0.15) is 43.4 Å². The molecule has 0 saturated carbocycles. The highest BCUT2D eigenvalue weighted by atomic mass is 35.5. The van der Waals surface area contributed by atoms with Crippen LogP contribution in [0.4, 0.5) is 0 Å². The minimum absolute atomic E-state index is 0.145. The summed E-state index contributed by atoms with van der Waals surface area (Å²) in [4.78, 5) is 7.05. The average molecular weight is 289 g/mol. The summed E-state index contributed by atoms with van der Waals surface area (Å²) in [5.74, 6) is 0.836. The average Bonchev–Trinajstić information content (AvgIpc) is 2.83. The van der Waals surface area contributed by atoms with E-state index in [9.17, 15) is 5.11 Å². The number of aliphatic hydroxyl groups excluding tert-OH is 1. The number of alkyl halides is 1. The number of hydrogen-bond donors (Lipinski definition) is 1. The van der Waals surface area contributed by atoms with Crippen LogP contribution in [0.5, 0.6) is 0 Å². The maximum Gasteiger partial charge on any atom is 0.110 e. The molecule has 1 aliphatic rings. The first-order valence-corrected chi connectivity index (χ1v) is 7.99. The van der Waals surface area contributed by atoms with Crippen molar-refractivity contribution in [1.82, 2.24) is 9.88 Å². The molecule has 3 unspecified atom stereocenters. The van der Waals surface area contributed by atoms with E-state index in [1.54, 1.807) is 11.3 Å². The molecule has 102 valence electrons. The van der Waals surface area contributed by atoms with Crippen molar-refractivity contribution in [1.29, 1.82) is 0 Å². The van der Waals surface area contributed by atoms with Crippen LogP contribution < -0.4 is 0 Å². The van der Waals surface area contributed by atoms with Crippen molar-refractivity contribution >= 4 is 22.9 Å². The minimum atomic E-state index is -0.145. The first kappa shape index (κ1) is 14.3. The Balaban J connectivity index is 2.08. The molecule has 1 aromatic rings. The second-order valence-corrected chi connectivity index (χ2v) is 6.22. The van der Waals surface area contributed by atoms with Crippen LogP contribution in [-0.2, 0) is 5.88 Å². The summed E-state index contributed by atoms with van der Waals surface area (Å²) in [6.45, 7) is 6.23. The van der Waals surface area contributed by atoms with E-state index in [1.165, 1.54) is 0 Å². The Kier molecular flexibility index (Phi) is 5.01. The molecule has 1 aliphatic heterocycles. The van der Waals surface area contributed by atoms with Gasteiger partial charge in [-0.2, -0.15) is 0 Å². The second kappa shape index (κ2) is 6.33. The first-order valence-electron chi connectivity index (χ1n) is 6.58. The molecule has 0 amide bonds. The van der Waals surface area contributed by atoms with E-state index in [0.29, 0.717) is 17.8 Å². The zero-order valence-electron chi connectivity index (χ0n) is 11.0. The molecule has 0 spiro atoms. The lowest BCUT2D eigenvalue weighted by molar-refractivity contribution is 0.0158. The Morgan fingerprint density at radius 2 is 2.44 bits per heavy atom. The summed E-state index contributed by atoms with van der Waals surface area (Å²) in [6, 6.07) is 0.377. The van der Waals surface area contributed by atoms with Gasteiger partial charge < -0.3 is 5.11 Å². The fourth-order valence-electron chi connectivity index (χ4n) is 2.57. The SMILES string of the molecule is CCC(c1nc(CCl)cs1)N1CCC(O)C(C)C1. The zero-order chi connectivity index (χ0) is 13.1. The number of hydrogen-bond acceptors (Lipinski definition) is 4. The maximum absolute atomic E-state index is 9.81. The van der Waals surface area contributed by atoms with Gasteiger partial charge in [-0.1, -0.05) is 13.8 Å². The Morgan fingerprint density at radius 3 is 3.00 bits per heavy atom. The van der Waals surface area contributed by atoms with Gasteiger partial charge in [-0.15, -0.1) is 22.9 Å². The Labute approximate surface area is 118 Å². The van der Waals surface area contributed by atoms with Crippen molar-refractivity contribution in [2.24, 2.45) is 5.92 Å². The Morgan fingerprint density at radius 1 is 1.67 bits per heavy atom. The zero-order valence-corrected chi connectivity index (χ0v) is 12.5. The van der Waals surface area contributed by atoms with Crippen LogP contribution in [0.3, 0.4) is 0 Å². The molecular formula is C13H21ClN2OS. The van der Waals surface area contributed by atoms with Crippen molar-refractivity contribution in [2.45, 2.75) is 44.7 Å². The lowest BCUT2D eigenvalue weighted by Crippen LogP contribution is -2.43. The Bertz CT molecular complexity index is 385. The summed E-state index contributed by atoms with van der Waals surface area (Å²) < 4.78 is 0. The van der Waals surface area contributed by atoms with Crippen LogP contribution in [-0.4, -0.2) is 34.2 Å². The van der Waals surface area contributed by atoms with Gasteiger partial charge >= 0.3 is 0 Å². The van der Waals surface area contributed by atoms with E-state index >= 15 is 0 Å². The molecule has 3 atom stereocenters. The van der Waals surface area contributed by atoms with Gasteiger partial charge in [-0.3, -0.25) is 4.90 Å². The van der Waals surface area contributed by atoms with Gasteiger partial charge in [0.15, 0.2) is 0 Å². The summed E-state index contributed by atoms with van der Waals surface area (Å²) in [5.41, 5.74) is 0.972. The number of thiazole rings is 1. The molecule has 1 aromatic heterocycles. The quantitative estimate of drug-likeness (QED) is 0.865. The first-order chi connectivity index (χ1) is 8.65. The highest BCUT2D eigenvalue weighted by Gasteiger charge is 2.30. The summed E-state index contributed by atoms with van der Waals surface area (Å²) in [6.07, 6.45) is 1.78. The molecular weight excluding hydrogens is 268 g/mol. The predicted molar refractivity (Wildman–Crippen MR) is 76.1 cm³/mol. The van der Waals surface area contributed by atoms with Gasteiger partial charge in [0.05, 0.1) is 23.7 Å². The molecule has 0 bridgehead atoms. The van der Waals surface area contributed by atoms with E-state index < -0.39 is 0 Å². The van der Waals surface area contributed by atoms with E-state index in [-0.39, 0.29) is 6.10 Å². The molecule has 1 N–H and O–H groups in total. The summed E-state index contributed by atoms with van der Waals surface area (Å²) in [7, 11) is 0. The van der Waals surface area contributed by atoms with Crippen molar-refractivity contribution in [3.63, 3.8) is 0 Å². The van der Waals surface area contributed by atoms with Gasteiger partial charge in [0.2, 0.25) is 0 Å². The van der Waals surface area contributed by atoms with Crippen molar-refractivity contribution in [3.8, 4) is 0 Å². The monoisotopic (exact) mass is 288 g/mol. The largest absolute Gasteiger partial charge is 0.393 e. The molecule has 1 fully saturated rings. The van der Waals surface area contributed by atoms with E-state index in [4.69, 9.17) is 11.6 Å². The normalized spacial score (nSPS) is 27.3. The topological polar surface area (TPSA) is 36.4 Å². The number of aromatic nitrogens is 1. The number of nitrogens with zero attached hydrogens (tertiary/aromatic N) is 2. The molecule has 5 heteroatoms. The highest BCUT2D eigenvalue weighted by molar-refractivity contribution is 7.09. The lowest BCUT2D eigenvalue weighted by atomic mass is 9.95. The van der Waals surface area contributed by atoms with E-state index in [0.717, 1.165) is 36.6 Å². The molecule has 18 heavy (non-hydrogen) atoms. The number of halogens is 1. The van der Waals surface area contributed by atoms with Gasteiger partial charge in [0, 0.05) is 18.5 Å². The summed E-state index contributed by atoms with van der Waals surface area (Å²) >= 11 is 7.52. The van der Waals surface area contributed by atoms with Crippen molar-refractivity contribution < 1.29 is 5.11 Å². The fourth-order valence-corrected chi connectivity index (χ4v) is 3.84. The van der Waals surface area contributed by atoms with Gasteiger partial charge in [0.25, 0.3) is 0 Å². The molecule has 0 aromatic carbocycles. The maximum atomic E-state index is 9.81. The van der Waals surface area contributed by atoms with Crippen LogP contribution in [0.15, 0.2) is 5.38 Å². The molecule has 3 nitrogen and oxygen atoms in total. The number of aliphatic hydroxyl groups is 1. The third-order valence-corrected chi connectivity index (χ3v) is 4.98. The number of piperidine rings is 1. The third-order valence-electron chi connectivity index (χ3n) is 3.71. The molecule has 0 radical (unpaired) electrons. The van der Waals surface area contributed by atoms with Gasteiger partial charge in [0.1, 0.15) is 5.01 Å². The second-order valence-electron chi connectivity index (χ2n) is 5.06. The highest BCUT2D eigenvalue weighted by Crippen LogP contribution is 2.31. The van der Waals surface area contributed by atoms with Crippen molar-refractivity contribution in [3.05, 3.63) is 16.1 Å². The number of rotatable bonds is 4. The summed E-state index contributed by atoms with van der Waals surface area (Å²) in [5, 5.41) is 13.0. The number of likely N-dealkylation sites (tertiary alicyclic amines) is 1. The smallest absolute Gasteiger partial charge is 0.110 e. The van der Waals surface area contributed by atoms with E-state index in [1.807, 2.05) is 5.38 Å². The lowest BCUT2D eigenvalue weighted by Gasteiger charge is -2.38. The predicted octanol–water partition coefficient (Wildman–Crippen LogP) is 3.04. The van der Waals surface area contributed by atoms with Crippen LogP contribution in [0, 0.1) is 5.92 Å². The Hall–Kier alpha value is -0.160. The van der Waals surface area contributed by atoms with Crippen LogP contribution >= 0.6 is 22.9 Å². The minimum Gasteiger partial charge on any atom is -0.393 e. The third kappa shape index (κ3) is 3.05. The van der Waals surface area contributed by atoms with Crippen LogP contribution in [0.2, 0.25) is 0 Å². The molecule has 0 aliphatic carbocycles. The molecule has 2 heterocycles. The van der Waals surface area contributed by atoms with E-state index in [2.05, 4.69) is 23.7 Å². The molecule has 2 rings (SSSR count). The standard InChI is InChI=1S/C13H21ClN2OS/c1-3-11(13-15-10(6-14)8-18-13)16-5-4-12(17)9(2)7-16/h8-9,11-12,17H,3-7H2,1-2H3.